The molecule has 1 aromatic heterocycles. The van der Waals surface area contributed by atoms with Crippen LogP contribution in [-0.4, -0.2) is 29.6 Å². The highest BCUT2D eigenvalue weighted by Gasteiger charge is 2.18. The van der Waals surface area contributed by atoms with E-state index in [1.807, 2.05) is 0 Å². The van der Waals surface area contributed by atoms with Crippen LogP contribution in [0.25, 0.3) is 0 Å². The Balaban J connectivity index is 2.24. The molecule has 21 heavy (non-hydrogen) atoms. The number of phenols is 1. The van der Waals surface area contributed by atoms with Crippen LogP contribution in [-0.2, 0) is 16.6 Å². The van der Waals surface area contributed by atoms with Crippen molar-refractivity contribution in [3.8, 4) is 5.75 Å². The molecule has 7 nitrogen and oxygen atoms in total. The van der Waals surface area contributed by atoms with Crippen LogP contribution in [0.5, 0.6) is 5.75 Å². The molecule has 0 aliphatic carbocycles. The molecule has 0 saturated heterocycles. The summed E-state index contributed by atoms with van der Waals surface area (Å²) < 4.78 is 26.5. The highest BCUT2D eigenvalue weighted by atomic mass is 32.2. The van der Waals surface area contributed by atoms with E-state index in [-0.39, 0.29) is 11.4 Å². The molecule has 0 bridgehead atoms. The Morgan fingerprint density at radius 2 is 1.86 bits per heavy atom. The number of hydrogen-bond donors (Lipinski definition) is 3. The van der Waals surface area contributed by atoms with Gasteiger partial charge in [0.25, 0.3) is 0 Å². The number of carboxylic acid groups (broad SMARTS) is 1. The Kier molecular flexibility index (Phi) is 4.20. The second kappa shape index (κ2) is 5.90. The lowest BCUT2D eigenvalue weighted by atomic mass is 10.2. The zero-order chi connectivity index (χ0) is 15.5. The van der Waals surface area contributed by atoms with E-state index in [9.17, 15) is 18.3 Å². The molecule has 3 N–H and O–H groups in total. The van der Waals surface area contributed by atoms with Crippen molar-refractivity contribution in [3.63, 3.8) is 0 Å². The van der Waals surface area contributed by atoms with Crippen molar-refractivity contribution in [2.45, 2.75) is 11.4 Å². The molecule has 2 rings (SSSR count). The molecule has 0 atom stereocenters. The van der Waals surface area contributed by atoms with Gasteiger partial charge in [0.1, 0.15) is 11.3 Å². The van der Waals surface area contributed by atoms with Gasteiger partial charge in [-0.3, -0.25) is 4.98 Å². The minimum atomic E-state index is -3.88. The SMILES string of the molecule is O=C(O)c1cc(S(=O)(=O)NCc2ccncc2)ccc1O. The molecule has 2 aromatic rings. The van der Waals surface area contributed by atoms with Gasteiger partial charge < -0.3 is 10.2 Å². The van der Waals surface area contributed by atoms with Crippen LogP contribution in [0, 0.1) is 0 Å². The Morgan fingerprint density at radius 1 is 1.19 bits per heavy atom. The molecule has 0 saturated carbocycles. The van der Waals surface area contributed by atoms with Crippen LogP contribution in [0.3, 0.4) is 0 Å². The molecule has 0 radical (unpaired) electrons. The van der Waals surface area contributed by atoms with Crippen LogP contribution in [0.1, 0.15) is 15.9 Å². The number of sulfonamides is 1. The van der Waals surface area contributed by atoms with Gasteiger partial charge in [-0.1, -0.05) is 0 Å². The summed E-state index contributed by atoms with van der Waals surface area (Å²) in [5.74, 6) is -1.89. The van der Waals surface area contributed by atoms with Gasteiger partial charge in [0.2, 0.25) is 10.0 Å². The molecule has 110 valence electrons. The number of aromatic carboxylic acids is 1. The predicted octanol–water partition coefficient (Wildman–Crippen LogP) is 0.964. The van der Waals surface area contributed by atoms with E-state index in [4.69, 9.17) is 5.11 Å². The van der Waals surface area contributed by atoms with Crippen LogP contribution in [0.4, 0.5) is 0 Å². The maximum Gasteiger partial charge on any atom is 0.339 e. The molecular formula is C13H12N2O5S. The van der Waals surface area contributed by atoms with E-state index in [1.165, 1.54) is 12.4 Å². The van der Waals surface area contributed by atoms with Crippen LogP contribution < -0.4 is 4.72 Å². The van der Waals surface area contributed by atoms with E-state index >= 15 is 0 Å². The molecule has 0 fully saturated rings. The normalized spacial score (nSPS) is 11.2. The summed E-state index contributed by atoms with van der Waals surface area (Å²) in [5, 5.41) is 18.3. The fourth-order valence-corrected chi connectivity index (χ4v) is 2.66. The van der Waals surface area contributed by atoms with Gasteiger partial charge in [-0.2, -0.15) is 0 Å². The van der Waals surface area contributed by atoms with Gasteiger partial charge >= 0.3 is 5.97 Å². The highest BCUT2D eigenvalue weighted by molar-refractivity contribution is 7.89. The molecular weight excluding hydrogens is 296 g/mol. The maximum atomic E-state index is 12.1. The van der Waals surface area contributed by atoms with Gasteiger partial charge in [0.15, 0.2) is 0 Å². The average Bonchev–Trinajstić information content (AvgIpc) is 2.46. The number of pyridine rings is 1. The van der Waals surface area contributed by atoms with Crippen LogP contribution >= 0.6 is 0 Å². The summed E-state index contributed by atoms with van der Waals surface area (Å²) in [7, 11) is -3.88. The number of rotatable bonds is 5. The fourth-order valence-electron chi connectivity index (χ4n) is 1.62. The number of nitrogens with zero attached hydrogens (tertiary/aromatic N) is 1. The maximum absolute atomic E-state index is 12.1. The van der Waals surface area contributed by atoms with E-state index in [0.29, 0.717) is 5.56 Å². The minimum Gasteiger partial charge on any atom is -0.507 e. The van der Waals surface area contributed by atoms with E-state index in [0.717, 1.165) is 18.2 Å². The van der Waals surface area contributed by atoms with Gasteiger partial charge in [-0.05, 0) is 35.9 Å². The number of hydrogen-bond acceptors (Lipinski definition) is 5. The van der Waals surface area contributed by atoms with Crippen molar-refractivity contribution < 1.29 is 23.4 Å². The van der Waals surface area contributed by atoms with E-state index in [2.05, 4.69) is 9.71 Å². The van der Waals surface area contributed by atoms with Crippen molar-refractivity contribution in [1.29, 1.82) is 0 Å². The first-order valence-corrected chi connectivity index (χ1v) is 7.33. The molecule has 0 spiro atoms. The summed E-state index contributed by atoms with van der Waals surface area (Å²) in [4.78, 5) is 14.5. The van der Waals surface area contributed by atoms with Crippen molar-refractivity contribution in [1.82, 2.24) is 9.71 Å². The van der Waals surface area contributed by atoms with Crippen molar-refractivity contribution >= 4 is 16.0 Å². The Morgan fingerprint density at radius 3 is 2.48 bits per heavy atom. The number of benzene rings is 1. The van der Waals surface area contributed by atoms with E-state index in [1.54, 1.807) is 12.1 Å². The topological polar surface area (TPSA) is 117 Å². The first-order valence-electron chi connectivity index (χ1n) is 5.85. The van der Waals surface area contributed by atoms with Gasteiger partial charge in [-0.15, -0.1) is 0 Å². The second-order valence-electron chi connectivity index (χ2n) is 4.16. The summed E-state index contributed by atoms with van der Waals surface area (Å²) in [6, 6.07) is 6.39. The van der Waals surface area contributed by atoms with Crippen LogP contribution in [0.2, 0.25) is 0 Å². The summed E-state index contributed by atoms with van der Waals surface area (Å²) >= 11 is 0. The largest absolute Gasteiger partial charge is 0.507 e. The first kappa shape index (κ1) is 14.9. The van der Waals surface area contributed by atoms with Gasteiger partial charge in [0, 0.05) is 18.9 Å². The lowest BCUT2D eigenvalue weighted by molar-refractivity contribution is 0.0693. The number of nitrogens with one attached hydrogen (secondary N) is 1. The van der Waals surface area contributed by atoms with E-state index < -0.39 is 27.3 Å². The number of carbonyl (C=O) groups is 1. The number of aromatic nitrogens is 1. The van der Waals surface area contributed by atoms with Gasteiger partial charge in [0.05, 0.1) is 4.90 Å². The third-order valence-corrected chi connectivity index (χ3v) is 4.12. The zero-order valence-electron chi connectivity index (χ0n) is 10.7. The fraction of sp³-hybridized carbons (Fsp3) is 0.0769. The Bertz CT molecular complexity index is 759. The zero-order valence-corrected chi connectivity index (χ0v) is 11.5. The minimum absolute atomic E-state index is 0.0497. The smallest absolute Gasteiger partial charge is 0.339 e. The molecule has 0 unspecified atom stereocenters. The molecule has 8 heteroatoms. The Hall–Kier alpha value is -2.45. The lowest BCUT2D eigenvalue weighted by Crippen LogP contribution is -2.23. The summed E-state index contributed by atoms with van der Waals surface area (Å²) in [6.45, 7) is 0.0497. The third kappa shape index (κ3) is 3.56. The quantitative estimate of drug-likeness (QED) is 0.757. The molecule has 1 aromatic carbocycles. The molecule has 0 amide bonds. The highest BCUT2D eigenvalue weighted by Crippen LogP contribution is 2.21. The van der Waals surface area contributed by atoms with Gasteiger partial charge in [-0.25, -0.2) is 17.9 Å². The van der Waals surface area contributed by atoms with Crippen LogP contribution in [0.15, 0.2) is 47.6 Å². The molecule has 0 aliphatic heterocycles. The number of aromatic hydroxyl groups is 1. The van der Waals surface area contributed by atoms with Crippen molar-refractivity contribution in [3.05, 3.63) is 53.9 Å². The average molecular weight is 308 g/mol. The number of carboxylic acids is 1. The van der Waals surface area contributed by atoms with Crippen molar-refractivity contribution in [2.75, 3.05) is 0 Å². The lowest BCUT2D eigenvalue weighted by Gasteiger charge is -2.08. The Labute approximate surface area is 120 Å². The standard InChI is InChI=1S/C13H12N2O5S/c16-12-2-1-10(7-11(12)13(17)18)21(19,20)15-8-9-3-5-14-6-4-9/h1-7,15-16H,8H2,(H,17,18). The summed E-state index contributed by atoms with van der Waals surface area (Å²) in [6.07, 6.45) is 3.07. The summed E-state index contributed by atoms with van der Waals surface area (Å²) in [5.41, 5.74) is 0.243. The van der Waals surface area contributed by atoms with Crippen molar-refractivity contribution in [2.24, 2.45) is 0 Å². The second-order valence-corrected chi connectivity index (χ2v) is 5.93. The first-order chi connectivity index (χ1) is 9.90. The predicted molar refractivity (Wildman–Crippen MR) is 73.3 cm³/mol. The molecule has 1 heterocycles. The monoisotopic (exact) mass is 308 g/mol. The molecule has 0 aliphatic rings. The third-order valence-electron chi connectivity index (χ3n) is 2.72.